The monoisotopic (exact) mass is 261 g/mol. The lowest BCUT2D eigenvalue weighted by molar-refractivity contribution is 0.126. The van der Waals surface area contributed by atoms with Crippen molar-refractivity contribution in [2.45, 2.75) is 32.7 Å². The molecule has 6 heteroatoms. The molecular formula is C13H16FN5. The van der Waals surface area contributed by atoms with E-state index in [1.807, 2.05) is 0 Å². The number of benzene rings is 1. The SMILES string of the molecule is CC1(Cn2nnnc2-c2ccc(N)c(F)c2)CCC1. The fourth-order valence-electron chi connectivity index (χ4n) is 2.48. The van der Waals surface area contributed by atoms with Crippen LogP contribution in [0, 0.1) is 11.2 Å². The van der Waals surface area contributed by atoms with E-state index in [1.54, 1.807) is 10.7 Å². The van der Waals surface area contributed by atoms with Crippen LogP contribution in [-0.4, -0.2) is 20.2 Å². The van der Waals surface area contributed by atoms with Crippen LogP contribution in [0.1, 0.15) is 26.2 Å². The van der Waals surface area contributed by atoms with Gasteiger partial charge in [-0.15, -0.1) is 5.10 Å². The highest BCUT2D eigenvalue weighted by atomic mass is 19.1. The molecule has 5 nitrogen and oxygen atoms in total. The van der Waals surface area contributed by atoms with Gasteiger partial charge in [0.15, 0.2) is 5.82 Å². The molecule has 2 N–H and O–H groups in total. The molecule has 1 aromatic heterocycles. The Bertz CT molecular complexity index is 603. The van der Waals surface area contributed by atoms with Crippen LogP contribution >= 0.6 is 0 Å². The molecule has 0 amide bonds. The largest absolute Gasteiger partial charge is 0.396 e. The highest BCUT2D eigenvalue weighted by Gasteiger charge is 2.33. The Hall–Kier alpha value is -1.98. The third-order valence-corrected chi connectivity index (χ3v) is 3.88. The molecule has 0 saturated heterocycles. The van der Waals surface area contributed by atoms with Gasteiger partial charge in [0.05, 0.1) is 12.2 Å². The van der Waals surface area contributed by atoms with Crippen molar-refractivity contribution in [2.75, 3.05) is 5.73 Å². The number of hydrogen-bond donors (Lipinski definition) is 1. The molecule has 100 valence electrons. The minimum Gasteiger partial charge on any atom is -0.396 e. The number of halogens is 1. The van der Waals surface area contributed by atoms with Gasteiger partial charge in [-0.3, -0.25) is 0 Å². The predicted molar refractivity (Wildman–Crippen MR) is 69.6 cm³/mol. The average molecular weight is 261 g/mol. The number of nitrogens with two attached hydrogens (primary N) is 1. The zero-order valence-corrected chi connectivity index (χ0v) is 10.8. The molecule has 0 spiro atoms. The van der Waals surface area contributed by atoms with Crippen molar-refractivity contribution < 1.29 is 4.39 Å². The van der Waals surface area contributed by atoms with E-state index in [4.69, 9.17) is 5.73 Å². The van der Waals surface area contributed by atoms with E-state index in [1.165, 1.54) is 31.4 Å². The molecule has 0 unspecified atom stereocenters. The Morgan fingerprint density at radius 1 is 1.42 bits per heavy atom. The summed E-state index contributed by atoms with van der Waals surface area (Å²) in [6.07, 6.45) is 3.62. The molecule has 0 aliphatic heterocycles. The zero-order chi connectivity index (χ0) is 13.5. The van der Waals surface area contributed by atoms with Gasteiger partial charge in [0.1, 0.15) is 5.82 Å². The summed E-state index contributed by atoms with van der Waals surface area (Å²) in [5.41, 5.74) is 6.53. The summed E-state index contributed by atoms with van der Waals surface area (Å²) in [5, 5.41) is 11.7. The normalized spacial score (nSPS) is 17.2. The van der Waals surface area contributed by atoms with Crippen LogP contribution in [0.15, 0.2) is 18.2 Å². The lowest BCUT2D eigenvalue weighted by Crippen LogP contribution is -2.31. The second-order valence-electron chi connectivity index (χ2n) is 5.56. The van der Waals surface area contributed by atoms with Crippen LogP contribution in [0.5, 0.6) is 0 Å². The Kier molecular flexibility index (Phi) is 2.73. The first kappa shape index (κ1) is 12.1. The molecule has 1 aliphatic rings. The number of anilines is 1. The maximum absolute atomic E-state index is 13.5. The summed E-state index contributed by atoms with van der Waals surface area (Å²) in [6.45, 7) is 2.99. The minimum atomic E-state index is -0.443. The summed E-state index contributed by atoms with van der Waals surface area (Å²) in [6, 6.07) is 4.65. The number of rotatable bonds is 3. The Morgan fingerprint density at radius 3 is 2.84 bits per heavy atom. The summed E-state index contributed by atoms with van der Waals surface area (Å²) >= 11 is 0. The summed E-state index contributed by atoms with van der Waals surface area (Å²) in [5.74, 6) is 0.147. The first-order valence-corrected chi connectivity index (χ1v) is 6.39. The molecule has 1 heterocycles. The van der Waals surface area contributed by atoms with Crippen LogP contribution in [-0.2, 0) is 6.54 Å². The molecule has 0 bridgehead atoms. The molecule has 0 atom stereocenters. The number of nitrogens with zero attached hydrogens (tertiary/aromatic N) is 4. The maximum atomic E-state index is 13.5. The van der Waals surface area contributed by atoms with Crippen molar-refractivity contribution in [3.63, 3.8) is 0 Å². The third-order valence-electron chi connectivity index (χ3n) is 3.88. The molecule has 1 aliphatic carbocycles. The average Bonchev–Trinajstić information content (AvgIpc) is 2.79. The van der Waals surface area contributed by atoms with Gasteiger partial charge >= 0.3 is 0 Å². The quantitative estimate of drug-likeness (QED) is 0.860. The molecule has 1 fully saturated rings. The van der Waals surface area contributed by atoms with Crippen molar-refractivity contribution in [3.8, 4) is 11.4 Å². The molecule has 1 saturated carbocycles. The highest BCUT2D eigenvalue weighted by Crippen LogP contribution is 2.42. The van der Waals surface area contributed by atoms with Gasteiger partial charge in [-0.05, 0) is 46.9 Å². The second-order valence-corrected chi connectivity index (χ2v) is 5.56. The Balaban J connectivity index is 1.92. The highest BCUT2D eigenvalue weighted by molar-refractivity contribution is 5.59. The van der Waals surface area contributed by atoms with Crippen molar-refractivity contribution in [3.05, 3.63) is 24.0 Å². The molecule has 0 radical (unpaired) electrons. The van der Waals surface area contributed by atoms with E-state index in [-0.39, 0.29) is 11.1 Å². The lowest BCUT2D eigenvalue weighted by atomic mass is 9.70. The Labute approximate surface area is 110 Å². The number of aromatic nitrogens is 4. The second kappa shape index (κ2) is 4.29. The smallest absolute Gasteiger partial charge is 0.182 e. The van der Waals surface area contributed by atoms with Gasteiger partial charge < -0.3 is 5.73 Å². The molecular weight excluding hydrogens is 245 g/mol. The van der Waals surface area contributed by atoms with E-state index in [0.717, 1.165) is 6.54 Å². The van der Waals surface area contributed by atoms with Gasteiger partial charge in [-0.1, -0.05) is 13.3 Å². The van der Waals surface area contributed by atoms with Crippen molar-refractivity contribution >= 4 is 5.69 Å². The first-order chi connectivity index (χ1) is 9.07. The molecule has 2 aromatic rings. The van der Waals surface area contributed by atoms with Crippen LogP contribution in [0.3, 0.4) is 0 Å². The van der Waals surface area contributed by atoms with Crippen molar-refractivity contribution in [1.82, 2.24) is 20.2 Å². The van der Waals surface area contributed by atoms with Crippen molar-refractivity contribution in [1.29, 1.82) is 0 Å². The van der Waals surface area contributed by atoms with Crippen LogP contribution < -0.4 is 5.73 Å². The summed E-state index contributed by atoms with van der Waals surface area (Å²) < 4.78 is 15.3. The molecule has 19 heavy (non-hydrogen) atoms. The van der Waals surface area contributed by atoms with Gasteiger partial charge in [-0.25, -0.2) is 9.07 Å². The summed E-state index contributed by atoms with van der Waals surface area (Å²) in [7, 11) is 0. The van der Waals surface area contributed by atoms with E-state index in [9.17, 15) is 4.39 Å². The van der Waals surface area contributed by atoms with E-state index in [0.29, 0.717) is 11.4 Å². The van der Waals surface area contributed by atoms with E-state index >= 15 is 0 Å². The zero-order valence-electron chi connectivity index (χ0n) is 10.8. The number of nitrogen functional groups attached to an aromatic ring is 1. The van der Waals surface area contributed by atoms with Crippen LogP contribution in [0.2, 0.25) is 0 Å². The van der Waals surface area contributed by atoms with Gasteiger partial charge in [-0.2, -0.15) is 0 Å². The standard InChI is InChI=1S/C13H16FN5/c1-13(5-2-6-13)8-19-12(16-17-18-19)9-3-4-11(15)10(14)7-9/h3-4,7H,2,5-6,8,15H2,1H3. The van der Waals surface area contributed by atoms with Gasteiger partial charge in [0.25, 0.3) is 0 Å². The maximum Gasteiger partial charge on any atom is 0.182 e. The lowest BCUT2D eigenvalue weighted by Gasteiger charge is -2.38. The fraction of sp³-hybridized carbons (Fsp3) is 0.462. The Morgan fingerprint density at radius 2 is 2.21 bits per heavy atom. The summed E-state index contributed by atoms with van der Waals surface area (Å²) in [4.78, 5) is 0. The van der Waals surface area contributed by atoms with Gasteiger partial charge in [0, 0.05) is 5.56 Å². The minimum absolute atomic E-state index is 0.133. The van der Waals surface area contributed by atoms with E-state index in [2.05, 4.69) is 22.4 Å². The first-order valence-electron chi connectivity index (χ1n) is 6.39. The fourth-order valence-corrected chi connectivity index (χ4v) is 2.48. The van der Waals surface area contributed by atoms with Crippen molar-refractivity contribution in [2.24, 2.45) is 5.41 Å². The van der Waals surface area contributed by atoms with Gasteiger partial charge in [0.2, 0.25) is 0 Å². The van der Waals surface area contributed by atoms with Crippen LogP contribution in [0.4, 0.5) is 10.1 Å². The number of hydrogen-bond acceptors (Lipinski definition) is 4. The molecule has 3 rings (SSSR count). The van der Waals surface area contributed by atoms with Crippen LogP contribution in [0.25, 0.3) is 11.4 Å². The molecule has 1 aromatic carbocycles. The van der Waals surface area contributed by atoms with E-state index < -0.39 is 5.82 Å². The number of tetrazole rings is 1. The third kappa shape index (κ3) is 2.18. The topological polar surface area (TPSA) is 69.6 Å². The predicted octanol–water partition coefficient (Wildman–Crippen LogP) is 2.25.